The first-order chi connectivity index (χ1) is 5.61. The van der Waals surface area contributed by atoms with Crippen LogP contribution in [0.25, 0.3) is 0 Å². The Morgan fingerprint density at radius 2 is 2.00 bits per heavy atom. The molecule has 0 aromatic carbocycles. The lowest BCUT2D eigenvalue weighted by atomic mass is 10.2. The van der Waals surface area contributed by atoms with Crippen LogP contribution in [0.3, 0.4) is 0 Å². The molecule has 0 amide bonds. The maximum atomic E-state index is 9.25. The number of rotatable bonds is 6. The third-order valence-electron chi connectivity index (χ3n) is 1.74. The van der Waals surface area contributed by atoms with Gasteiger partial charge in [-0.15, -0.1) is 11.6 Å². The molecule has 74 valence electrons. The summed E-state index contributed by atoms with van der Waals surface area (Å²) in [6, 6.07) is 0.329. The van der Waals surface area contributed by atoms with Crippen molar-refractivity contribution >= 4 is 11.6 Å². The molecule has 0 spiro atoms. The van der Waals surface area contributed by atoms with Gasteiger partial charge in [-0.05, 0) is 13.8 Å². The zero-order valence-electron chi connectivity index (χ0n) is 7.70. The summed E-state index contributed by atoms with van der Waals surface area (Å²) in [5.41, 5.74) is 0. The van der Waals surface area contributed by atoms with Gasteiger partial charge in [-0.25, -0.2) is 0 Å². The number of alkyl halides is 1. The number of nitrogens with zero attached hydrogens (tertiary/aromatic N) is 1. The van der Waals surface area contributed by atoms with Crippen LogP contribution in [-0.2, 0) is 0 Å². The second-order valence-electron chi connectivity index (χ2n) is 3.12. The normalized spacial score (nSPS) is 14.2. The number of aliphatic hydroxyl groups is 2. The van der Waals surface area contributed by atoms with Crippen molar-refractivity contribution in [1.82, 2.24) is 4.90 Å². The van der Waals surface area contributed by atoms with Crippen LogP contribution in [-0.4, -0.2) is 52.8 Å². The van der Waals surface area contributed by atoms with Crippen LogP contribution in [0, 0.1) is 0 Å². The second kappa shape index (κ2) is 6.66. The Bertz CT molecular complexity index is 111. The number of hydrogen-bond acceptors (Lipinski definition) is 3. The fourth-order valence-corrected chi connectivity index (χ4v) is 1.11. The van der Waals surface area contributed by atoms with Crippen molar-refractivity contribution < 1.29 is 10.2 Å². The summed E-state index contributed by atoms with van der Waals surface area (Å²) in [6.45, 7) is 5.29. The van der Waals surface area contributed by atoms with E-state index < -0.39 is 6.10 Å². The van der Waals surface area contributed by atoms with Crippen LogP contribution in [0.2, 0.25) is 0 Å². The van der Waals surface area contributed by atoms with E-state index in [1.54, 1.807) is 0 Å². The summed E-state index contributed by atoms with van der Waals surface area (Å²) in [7, 11) is 0. The van der Waals surface area contributed by atoms with Crippen LogP contribution in [0.5, 0.6) is 0 Å². The zero-order valence-corrected chi connectivity index (χ0v) is 8.46. The molecule has 0 saturated carbocycles. The van der Waals surface area contributed by atoms with Gasteiger partial charge in [0.25, 0.3) is 0 Å². The summed E-state index contributed by atoms with van der Waals surface area (Å²) in [5, 5.41) is 18.0. The lowest BCUT2D eigenvalue weighted by Gasteiger charge is -2.27. The Kier molecular flexibility index (Phi) is 6.76. The van der Waals surface area contributed by atoms with Crippen molar-refractivity contribution in [1.29, 1.82) is 0 Å². The topological polar surface area (TPSA) is 43.7 Å². The first kappa shape index (κ1) is 12.2. The highest BCUT2D eigenvalue weighted by Gasteiger charge is 2.12. The monoisotopic (exact) mass is 195 g/mol. The standard InChI is InChI=1S/C8H18ClNO2/c1-7(2)10(3-4-11)6-8(12)5-9/h7-8,11-12H,3-6H2,1-2H3. The van der Waals surface area contributed by atoms with E-state index in [0.29, 0.717) is 19.1 Å². The van der Waals surface area contributed by atoms with E-state index in [2.05, 4.69) is 0 Å². The predicted octanol–water partition coefficient (Wildman–Crippen LogP) is 0.289. The average molecular weight is 196 g/mol. The first-order valence-electron chi connectivity index (χ1n) is 4.20. The summed E-state index contributed by atoms with van der Waals surface area (Å²) in [4.78, 5) is 1.99. The van der Waals surface area contributed by atoms with Crippen molar-refractivity contribution in [2.24, 2.45) is 0 Å². The third kappa shape index (κ3) is 4.93. The van der Waals surface area contributed by atoms with Crippen LogP contribution < -0.4 is 0 Å². The van der Waals surface area contributed by atoms with E-state index in [1.807, 2.05) is 18.7 Å². The number of aliphatic hydroxyl groups excluding tert-OH is 2. The van der Waals surface area contributed by atoms with Crippen molar-refractivity contribution in [3.63, 3.8) is 0 Å². The quantitative estimate of drug-likeness (QED) is 0.599. The first-order valence-corrected chi connectivity index (χ1v) is 4.74. The van der Waals surface area contributed by atoms with Gasteiger partial charge in [-0.1, -0.05) is 0 Å². The Balaban J connectivity index is 3.77. The van der Waals surface area contributed by atoms with Gasteiger partial charge in [0.15, 0.2) is 0 Å². The molecule has 4 heteroatoms. The maximum absolute atomic E-state index is 9.25. The maximum Gasteiger partial charge on any atom is 0.0802 e. The lowest BCUT2D eigenvalue weighted by molar-refractivity contribution is 0.0939. The number of halogens is 1. The largest absolute Gasteiger partial charge is 0.395 e. The average Bonchev–Trinajstić information content (AvgIpc) is 2.03. The molecule has 3 nitrogen and oxygen atoms in total. The predicted molar refractivity (Wildman–Crippen MR) is 50.5 cm³/mol. The number of hydrogen-bond donors (Lipinski definition) is 2. The van der Waals surface area contributed by atoms with Crippen molar-refractivity contribution in [3.05, 3.63) is 0 Å². The van der Waals surface area contributed by atoms with Crippen LogP contribution in [0.15, 0.2) is 0 Å². The molecular weight excluding hydrogens is 178 g/mol. The molecule has 0 aromatic rings. The molecule has 0 saturated heterocycles. The molecule has 1 unspecified atom stereocenters. The smallest absolute Gasteiger partial charge is 0.0802 e. The fraction of sp³-hybridized carbons (Fsp3) is 1.00. The molecule has 0 radical (unpaired) electrons. The molecule has 0 fully saturated rings. The summed E-state index contributed by atoms with van der Waals surface area (Å²) >= 11 is 5.46. The van der Waals surface area contributed by atoms with Gasteiger partial charge < -0.3 is 10.2 Å². The summed E-state index contributed by atoms with van der Waals surface area (Å²) in [5.74, 6) is 0.245. The van der Waals surface area contributed by atoms with E-state index in [-0.39, 0.29) is 12.5 Å². The molecule has 0 aromatic heterocycles. The van der Waals surface area contributed by atoms with Gasteiger partial charge in [0.05, 0.1) is 12.7 Å². The molecule has 0 rings (SSSR count). The SMILES string of the molecule is CC(C)N(CCO)CC(O)CCl. The highest BCUT2D eigenvalue weighted by Crippen LogP contribution is 2.00. The van der Waals surface area contributed by atoms with Crippen LogP contribution in [0.4, 0.5) is 0 Å². The lowest BCUT2D eigenvalue weighted by Crippen LogP contribution is -2.39. The van der Waals surface area contributed by atoms with E-state index in [1.165, 1.54) is 0 Å². The Labute approximate surface area is 78.9 Å². The highest BCUT2D eigenvalue weighted by molar-refractivity contribution is 6.18. The van der Waals surface area contributed by atoms with Gasteiger partial charge in [0, 0.05) is 25.0 Å². The van der Waals surface area contributed by atoms with Gasteiger partial charge in [-0.3, -0.25) is 4.90 Å². The van der Waals surface area contributed by atoms with Gasteiger partial charge in [-0.2, -0.15) is 0 Å². The van der Waals surface area contributed by atoms with E-state index >= 15 is 0 Å². The molecule has 0 aliphatic heterocycles. The van der Waals surface area contributed by atoms with E-state index in [9.17, 15) is 5.11 Å². The highest BCUT2D eigenvalue weighted by atomic mass is 35.5. The molecule has 0 aliphatic carbocycles. The Hall–Kier alpha value is 0.170. The van der Waals surface area contributed by atoms with Gasteiger partial charge in [0.2, 0.25) is 0 Å². The molecule has 1 atom stereocenters. The summed E-state index contributed by atoms with van der Waals surface area (Å²) < 4.78 is 0. The third-order valence-corrected chi connectivity index (χ3v) is 2.10. The molecule has 2 N–H and O–H groups in total. The molecule has 0 bridgehead atoms. The Morgan fingerprint density at radius 3 is 2.33 bits per heavy atom. The molecule has 12 heavy (non-hydrogen) atoms. The minimum Gasteiger partial charge on any atom is -0.395 e. The minimum atomic E-state index is -0.499. The minimum absolute atomic E-state index is 0.118. The van der Waals surface area contributed by atoms with Crippen molar-refractivity contribution in [2.75, 3.05) is 25.6 Å². The second-order valence-corrected chi connectivity index (χ2v) is 3.43. The summed E-state index contributed by atoms with van der Waals surface area (Å²) in [6.07, 6.45) is -0.499. The van der Waals surface area contributed by atoms with Crippen LogP contribution >= 0.6 is 11.6 Å². The van der Waals surface area contributed by atoms with Crippen molar-refractivity contribution in [3.8, 4) is 0 Å². The van der Waals surface area contributed by atoms with Gasteiger partial charge in [0.1, 0.15) is 0 Å². The molecule has 0 heterocycles. The molecule has 0 aliphatic rings. The van der Waals surface area contributed by atoms with Crippen molar-refractivity contribution in [2.45, 2.75) is 26.0 Å². The van der Waals surface area contributed by atoms with E-state index in [0.717, 1.165) is 0 Å². The van der Waals surface area contributed by atoms with Gasteiger partial charge >= 0.3 is 0 Å². The molecular formula is C8H18ClNO2. The van der Waals surface area contributed by atoms with Crippen LogP contribution in [0.1, 0.15) is 13.8 Å². The van der Waals surface area contributed by atoms with E-state index in [4.69, 9.17) is 16.7 Å². The fourth-order valence-electron chi connectivity index (χ4n) is 1.01. The zero-order chi connectivity index (χ0) is 9.56. The Morgan fingerprint density at radius 1 is 1.42 bits per heavy atom.